The van der Waals surface area contributed by atoms with Crippen molar-refractivity contribution in [3.63, 3.8) is 0 Å². The highest BCUT2D eigenvalue weighted by molar-refractivity contribution is 7.31. The Kier molecular flexibility index (Phi) is 17.3. The van der Waals surface area contributed by atoms with Gasteiger partial charge in [-0.1, -0.05) is 135 Å². The molecular formula is C25H50BOP. The van der Waals surface area contributed by atoms with Gasteiger partial charge in [0.1, 0.15) is 0 Å². The van der Waals surface area contributed by atoms with Crippen LogP contribution in [0, 0.1) is 17.8 Å². The minimum Gasteiger partial charge on any atom is -0.377 e. The summed E-state index contributed by atoms with van der Waals surface area (Å²) < 4.78 is 0. The second kappa shape index (κ2) is 18.2. The van der Waals surface area contributed by atoms with Crippen molar-refractivity contribution in [2.24, 2.45) is 17.8 Å². The molecule has 3 heteroatoms. The third-order valence-electron chi connectivity index (χ3n) is 7.27. The Hall–Kier alpha value is 0.455. The van der Waals surface area contributed by atoms with Gasteiger partial charge in [-0.2, -0.15) is 0 Å². The van der Waals surface area contributed by atoms with Gasteiger partial charge >= 0.3 is 0 Å². The van der Waals surface area contributed by atoms with Gasteiger partial charge in [-0.15, -0.1) is 0 Å². The van der Waals surface area contributed by atoms with Crippen molar-refractivity contribution in [2.75, 3.05) is 6.16 Å². The van der Waals surface area contributed by atoms with Crippen molar-refractivity contribution < 1.29 is 4.89 Å². The molecule has 1 aliphatic rings. The average Bonchev–Trinajstić information content (AvgIpc) is 3.00. The van der Waals surface area contributed by atoms with E-state index in [9.17, 15) is 4.89 Å². The molecular weight excluding hydrogens is 358 g/mol. The van der Waals surface area contributed by atoms with E-state index in [1.54, 1.807) is 0 Å². The van der Waals surface area contributed by atoms with Gasteiger partial charge in [0, 0.05) is 8.81 Å². The smallest absolute Gasteiger partial charge is 0.0703 e. The van der Waals surface area contributed by atoms with Crippen molar-refractivity contribution in [3.8, 4) is 0 Å². The molecule has 5 unspecified atom stereocenters. The standard InChI is InChI=1S/C25H50BOP/c1-3-5-6-7-8-9-10-11-12-13-14-15-16-17-18-19-23-24(21-28-27)22(4-2)20-25(23)26/h22-25,27-28H,3-21H2,1-2H3. The Morgan fingerprint density at radius 3 is 1.61 bits per heavy atom. The van der Waals surface area contributed by atoms with Gasteiger partial charge in [0.25, 0.3) is 0 Å². The minimum absolute atomic E-state index is 0.105. The normalized spacial score (nSPS) is 25.2. The van der Waals surface area contributed by atoms with Crippen LogP contribution in [0.3, 0.4) is 0 Å². The minimum atomic E-state index is 0.105. The van der Waals surface area contributed by atoms with Gasteiger partial charge in [0.15, 0.2) is 0 Å². The quantitative estimate of drug-likeness (QED) is 0.129. The first-order chi connectivity index (χ1) is 13.7. The van der Waals surface area contributed by atoms with E-state index in [-0.39, 0.29) is 8.81 Å². The first-order valence-electron chi connectivity index (χ1n) is 12.9. The predicted molar refractivity (Wildman–Crippen MR) is 130 cm³/mol. The number of rotatable bonds is 19. The highest BCUT2D eigenvalue weighted by Crippen LogP contribution is 2.49. The fraction of sp³-hybridized carbons (Fsp3) is 1.00. The van der Waals surface area contributed by atoms with E-state index >= 15 is 0 Å². The van der Waals surface area contributed by atoms with Crippen LogP contribution in [0.2, 0.25) is 5.82 Å². The predicted octanol–water partition coefficient (Wildman–Crippen LogP) is 8.45. The molecule has 0 aliphatic heterocycles. The van der Waals surface area contributed by atoms with E-state index in [2.05, 4.69) is 13.8 Å². The summed E-state index contributed by atoms with van der Waals surface area (Å²) in [7, 11) is 6.55. The van der Waals surface area contributed by atoms with Gasteiger partial charge in [-0.3, -0.25) is 0 Å². The maximum Gasteiger partial charge on any atom is 0.0703 e. The average molecular weight is 408 g/mol. The zero-order chi connectivity index (χ0) is 20.5. The van der Waals surface area contributed by atoms with Gasteiger partial charge in [0.05, 0.1) is 7.85 Å². The molecule has 1 nitrogen and oxygen atoms in total. The first-order valence-corrected chi connectivity index (χ1v) is 14.0. The molecule has 1 aliphatic carbocycles. The first kappa shape index (κ1) is 26.5. The van der Waals surface area contributed by atoms with Crippen molar-refractivity contribution in [2.45, 2.75) is 135 Å². The maximum atomic E-state index is 9.43. The zero-order valence-corrected chi connectivity index (χ0v) is 20.3. The zero-order valence-electron chi connectivity index (χ0n) is 19.3. The fourth-order valence-electron chi connectivity index (χ4n) is 5.44. The van der Waals surface area contributed by atoms with Crippen molar-refractivity contribution in [1.29, 1.82) is 0 Å². The molecule has 28 heavy (non-hydrogen) atoms. The second-order valence-electron chi connectivity index (χ2n) is 9.50. The van der Waals surface area contributed by atoms with E-state index in [1.165, 1.54) is 116 Å². The van der Waals surface area contributed by atoms with Crippen LogP contribution in [0.15, 0.2) is 0 Å². The molecule has 0 saturated heterocycles. The molecule has 1 rings (SSSR count). The van der Waals surface area contributed by atoms with Crippen LogP contribution in [0.4, 0.5) is 0 Å². The molecule has 1 fully saturated rings. The lowest BCUT2D eigenvalue weighted by Gasteiger charge is -2.25. The summed E-state index contributed by atoms with van der Waals surface area (Å²) in [6.07, 6.45) is 26.1. The van der Waals surface area contributed by atoms with Crippen LogP contribution >= 0.6 is 8.81 Å². The van der Waals surface area contributed by atoms with Crippen LogP contribution in [0.1, 0.15) is 129 Å². The lowest BCUT2D eigenvalue weighted by atomic mass is 9.74. The molecule has 0 bridgehead atoms. The summed E-state index contributed by atoms with van der Waals surface area (Å²) in [4.78, 5) is 9.43. The number of hydrogen-bond acceptors (Lipinski definition) is 1. The van der Waals surface area contributed by atoms with Crippen molar-refractivity contribution in [3.05, 3.63) is 0 Å². The largest absolute Gasteiger partial charge is 0.377 e. The van der Waals surface area contributed by atoms with Gasteiger partial charge < -0.3 is 4.89 Å². The summed E-state index contributed by atoms with van der Waals surface area (Å²) in [5, 5.41) is 0. The summed E-state index contributed by atoms with van der Waals surface area (Å²) in [6, 6.07) is 0. The van der Waals surface area contributed by atoms with E-state index in [4.69, 9.17) is 7.85 Å². The summed E-state index contributed by atoms with van der Waals surface area (Å²) >= 11 is 0. The Labute approximate surface area is 180 Å². The fourth-order valence-corrected chi connectivity index (χ4v) is 6.29. The molecule has 1 N–H and O–H groups in total. The van der Waals surface area contributed by atoms with Crippen LogP contribution < -0.4 is 0 Å². The van der Waals surface area contributed by atoms with E-state index in [1.807, 2.05) is 0 Å². The molecule has 0 spiro atoms. The lowest BCUT2D eigenvalue weighted by molar-refractivity contribution is 0.312. The molecule has 0 amide bonds. The highest BCUT2D eigenvalue weighted by Gasteiger charge is 2.38. The molecule has 0 aromatic carbocycles. The second-order valence-corrected chi connectivity index (χ2v) is 10.2. The lowest BCUT2D eigenvalue weighted by Crippen LogP contribution is -2.18. The highest BCUT2D eigenvalue weighted by atomic mass is 31.1. The summed E-state index contributed by atoms with van der Waals surface area (Å²) in [5.41, 5.74) is 0. The Bertz CT molecular complexity index is 339. The molecule has 0 aromatic rings. The molecule has 1 saturated carbocycles. The topological polar surface area (TPSA) is 20.2 Å². The third kappa shape index (κ3) is 11.6. The van der Waals surface area contributed by atoms with E-state index in [0.29, 0.717) is 17.7 Å². The van der Waals surface area contributed by atoms with Crippen molar-refractivity contribution >= 4 is 16.7 Å². The monoisotopic (exact) mass is 408 g/mol. The summed E-state index contributed by atoms with van der Waals surface area (Å²) in [5.74, 6) is 2.51. The summed E-state index contributed by atoms with van der Waals surface area (Å²) in [6.45, 7) is 4.59. The number of hydrogen-bond donors (Lipinski definition) is 1. The van der Waals surface area contributed by atoms with Crippen molar-refractivity contribution in [1.82, 2.24) is 0 Å². The SMILES string of the molecule is [B]C1CC(CC)C(CPO)C1CCCCCCCCCCCCCCCCC. The van der Waals surface area contributed by atoms with Crippen LogP contribution in [0.5, 0.6) is 0 Å². The Balaban J connectivity index is 1.91. The van der Waals surface area contributed by atoms with Crippen LogP contribution in [0.25, 0.3) is 0 Å². The Morgan fingerprint density at radius 2 is 1.18 bits per heavy atom. The van der Waals surface area contributed by atoms with Crippen LogP contribution in [-0.2, 0) is 0 Å². The van der Waals surface area contributed by atoms with Crippen LogP contribution in [-0.4, -0.2) is 18.9 Å². The van der Waals surface area contributed by atoms with E-state index in [0.717, 1.165) is 12.1 Å². The molecule has 5 atom stereocenters. The molecule has 0 aromatic heterocycles. The molecule has 0 heterocycles. The third-order valence-corrected chi connectivity index (χ3v) is 7.93. The van der Waals surface area contributed by atoms with Gasteiger partial charge in [0.2, 0.25) is 0 Å². The van der Waals surface area contributed by atoms with Gasteiger partial charge in [-0.05, 0) is 23.9 Å². The molecule has 164 valence electrons. The molecule has 2 radical (unpaired) electrons. The number of unbranched alkanes of at least 4 members (excludes halogenated alkanes) is 14. The maximum absolute atomic E-state index is 9.43. The van der Waals surface area contributed by atoms with E-state index < -0.39 is 0 Å². The Morgan fingerprint density at radius 1 is 0.714 bits per heavy atom. The van der Waals surface area contributed by atoms with Gasteiger partial charge in [-0.25, -0.2) is 0 Å².